The molecule has 0 spiro atoms. The molecule has 0 aliphatic heterocycles. The molecule has 0 fully saturated rings. The maximum absolute atomic E-state index is 10.9. The molecule has 0 radical (unpaired) electrons. The monoisotopic (exact) mass is 386 g/mol. The van der Waals surface area contributed by atoms with Crippen molar-refractivity contribution >= 4 is 33.8 Å². The van der Waals surface area contributed by atoms with Gasteiger partial charge in [0.15, 0.2) is 5.69 Å². The van der Waals surface area contributed by atoms with E-state index in [4.69, 9.17) is 9.52 Å². The van der Waals surface area contributed by atoms with Crippen molar-refractivity contribution in [1.82, 2.24) is 4.98 Å². The summed E-state index contributed by atoms with van der Waals surface area (Å²) in [6.45, 7) is 0. The van der Waals surface area contributed by atoms with Crippen LogP contribution in [0.5, 0.6) is 5.95 Å². The summed E-state index contributed by atoms with van der Waals surface area (Å²) in [5, 5.41) is 18.8. The summed E-state index contributed by atoms with van der Waals surface area (Å²) >= 11 is 3.39. The normalized spacial score (nSPS) is 11.0. The van der Waals surface area contributed by atoms with Gasteiger partial charge in [0, 0.05) is 4.47 Å². The average molecular weight is 387 g/mol. The van der Waals surface area contributed by atoms with Gasteiger partial charge in [0.2, 0.25) is 5.89 Å². The minimum atomic E-state index is -1.03. The van der Waals surface area contributed by atoms with Gasteiger partial charge in [0.1, 0.15) is 0 Å². The molecule has 1 aromatic heterocycles. The van der Waals surface area contributed by atoms with Crippen LogP contribution in [0.25, 0.3) is 11.5 Å². The van der Waals surface area contributed by atoms with Crippen molar-refractivity contribution in [2.75, 3.05) is 0 Å². The number of aromatic nitrogens is 1. The number of hydrogen-bond donors (Lipinski definition) is 2. The third-order valence-corrected chi connectivity index (χ3v) is 3.86. The zero-order valence-corrected chi connectivity index (χ0v) is 13.8. The average Bonchev–Trinajstić information content (AvgIpc) is 2.94. The van der Waals surface area contributed by atoms with Crippen molar-refractivity contribution < 1.29 is 19.4 Å². The van der Waals surface area contributed by atoms with E-state index in [9.17, 15) is 9.90 Å². The van der Waals surface area contributed by atoms with Crippen LogP contribution in [0.15, 0.2) is 62.4 Å². The molecule has 3 rings (SSSR count). The molecule has 0 bridgehead atoms. The molecule has 2 aromatic carbocycles. The zero-order chi connectivity index (χ0) is 17.1. The predicted octanol–water partition coefficient (Wildman–Crippen LogP) is 4.26. The lowest BCUT2D eigenvalue weighted by molar-refractivity contribution is 0.0697. The maximum Gasteiger partial charge on any atom is 0.335 e. The van der Waals surface area contributed by atoms with E-state index in [0.717, 1.165) is 4.47 Å². The lowest BCUT2D eigenvalue weighted by Crippen LogP contribution is -1.94. The third kappa shape index (κ3) is 3.36. The molecule has 0 aliphatic rings. The Bertz CT molecular complexity index is 934. The van der Waals surface area contributed by atoms with Gasteiger partial charge < -0.3 is 14.6 Å². The highest BCUT2D eigenvalue weighted by atomic mass is 79.9. The SMILES string of the molecule is O=C(O)c1cccc(N=Cc2nc(-c3ccccc3Br)oc2O)c1. The zero-order valence-electron chi connectivity index (χ0n) is 12.2. The number of carbonyl (C=O) groups is 1. The van der Waals surface area contributed by atoms with Crippen LogP contribution >= 0.6 is 15.9 Å². The number of aliphatic imine (C=N–C) groups is 1. The number of rotatable bonds is 4. The van der Waals surface area contributed by atoms with Crippen LogP contribution in [0.3, 0.4) is 0 Å². The molecule has 6 nitrogen and oxygen atoms in total. The van der Waals surface area contributed by atoms with Crippen LogP contribution in [0, 0.1) is 0 Å². The van der Waals surface area contributed by atoms with E-state index in [1.807, 2.05) is 18.2 Å². The van der Waals surface area contributed by atoms with Crippen molar-refractivity contribution in [3.8, 4) is 17.4 Å². The van der Waals surface area contributed by atoms with Gasteiger partial charge in [-0.3, -0.25) is 4.99 Å². The molecule has 120 valence electrons. The van der Waals surface area contributed by atoms with Gasteiger partial charge in [-0.15, -0.1) is 0 Å². The summed E-state index contributed by atoms with van der Waals surface area (Å²) in [4.78, 5) is 19.3. The Balaban J connectivity index is 1.90. The topological polar surface area (TPSA) is 95.9 Å². The van der Waals surface area contributed by atoms with E-state index in [0.29, 0.717) is 11.3 Å². The number of benzene rings is 2. The van der Waals surface area contributed by atoms with Crippen LogP contribution in [-0.2, 0) is 0 Å². The van der Waals surface area contributed by atoms with Crippen LogP contribution in [0.2, 0.25) is 0 Å². The Hall–Kier alpha value is -2.93. The molecular weight excluding hydrogens is 376 g/mol. The number of hydrogen-bond acceptors (Lipinski definition) is 5. The van der Waals surface area contributed by atoms with E-state index in [1.54, 1.807) is 18.2 Å². The molecule has 0 atom stereocenters. The van der Waals surface area contributed by atoms with E-state index < -0.39 is 5.97 Å². The Kier molecular flexibility index (Phi) is 4.43. The second-order valence-corrected chi connectivity index (χ2v) is 5.66. The first-order valence-corrected chi connectivity index (χ1v) is 7.66. The molecule has 0 saturated carbocycles. The lowest BCUT2D eigenvalue weighted by atomic mass is 10.2. The first kappa shape index (κ1) is 15.9. The Morgan fingerprint density at radius 2 is 2.00 bits per heavy atom. The molecule has 1 heterocycles. The minimum absolute atomic E-state index is 0.128. The fraction of sp³-hybridized carbons (Fsp3) is 0. The van der Waals surface area contributed by atoms with Gasteiger partial charge in [-0.1, -0.05) is 18.2 Å². The highest BCUT2D eigenvalue weighted by molar-refractivity contribution is 9.10. The Morgan fingerprint density at radius 1 is 1.21 bits per heavy atom. The fourth-order valence-corrected chi connectivity index (χ4v) is 2.47. The van der Waals surface area contributed by atoms with E-state index >= 15 is 0 Å². The second-order valence-electron chi connectivity index (χ2n) is 4.80. The van der Waals surface area contributed by atoms with E-state index in [-0.39, 0.29) is 23.1 Å². The van der Waals surface area contributed by atoms with Crippen LogP contribution in [0.1, 0.15) is 16.1 Å². The summed E-state index contributed by atoms with van der Waals surface area (Å²) in [5.74, 6) is -1.15. The molecule has 0 aliphatic carbocycles. The summed E-state index contributed by atoms with van der Waals surface area (Å²) in [6.07, 6.45) is 1.32. The van der Waals surface area contributed by atoms with Gasteiger partial charge in [0.25, 0.3) is 0 Å². The van der Waals surface area contributed by atoms with Crippen LogP contribution in [0.4, 0.5) is 5.69 Å². The molecular formula is C17H11BrN2O4. The van der Waals surface area contributed by atoms with Gasteiger partial charge >= 0.3 is 11.9 Å². The maximum atomic E-state index is 10.9. The highest BCUT2D eigenvalue weighted by Gasteiger charge is 2.14. The molecule has 7 heteroatoms. The first-order valence-electron chi connectivity index (χ1n) is 6.86. The van der Waals surface area contributed by atoms with Gasteiger partial charge in [-0.25, -0.2) is 9.78 Å². The van der Waals surface area contributed by atoms with Crippen molar-refractivity contribution in [2.24, 2.45) is 4.99 Å². The number of carboxylic acids is 1. The van der Waals surface area contributed by atoms with Crippen LogP contribution in [-0.4, -0.2) is 27.4 Å². The number of aromatic carboxylic acids is 1. The van der Waals surface area contributed by atoms with Gasteiger partial charge in [0.05, 0.1) is 23.0 Å². The van der Waals surface area contributed by atoms with Crippen molar-refractivity contribution in [2.45, 2.75) is 0 Å². The first-order chi connectivity index (χ1) is 11.5. The van der Waals surface area contributed by atoms with Crippen LogP contribution < -0.4 is 0 Å². The van der Waals surface area contributed by atoms with Crippen molar-refractivity contribution in [3.63, 3.8) is 0 Å². The largest absolute Gasteiger partial charge is 0.479 e. The predicted molar refractivity (Wildman–Crippen MR) is 92.0 cm³/mol. The summed E-state index contributed by atoms with van der Waals surface area (Å²) in [6, 6.07) is 13.4. The number of nitrogens with zero attached hydrogens (tertiary/aromatic N) is 2. The van der Waals surface area contributed by atoms with Crippen molar-refractivity contribution in [1.29, 1.82) is 0 Å². The highest BCUT2D eigenvalue weighted by Crippen LogP contribution is 2.31. The number of aromatic hydroxyl groups is 1. The van der Waals surface area contributed by atoms with Crippen molar-refractivity contribution in [3.05, 3.63) is 64.3 Å². The summed E-state index contributed by atoms with van der Waals surface area (Å²) in [5.41, 5.74) is 1.41. The smallest absolute Gasteiger partial charge is 0.335 e. The number of oxazole rings is 1. The summed E-state index contributed by atoms with van der Waals surface area (Å²) < 4.78 is 6.04. The quantitative estimate of drug-likeness (QED) is 0.653. The standard InChI is InChI=1S/C17H11BrN2O4/c18-13-7-2-1-6-12(13)15-20-14(17(23)24-15)9-19-11-5-3-4-10(8-11)16(21)22/h1-9,23H,(H,21,22). The Labute approximate surface area is 145 Å². The molecule has 3 aromatic rings. The third-order valence-electron chi connectivity index (χ3n) is 3.17. The second kappa shape index (κ2) is 6.67. The van der Waals surface area contributed by atoms with Gasteiger partial charge in [-0.2, -0.15) is 0 Å². The fourth-order valence-electron chi connectivity index (χ4n) is 2.01. The summed E-state index contributed by atoms with van der Waals surface area (Å²) in [7, 11) is 0. The molecule has 0 amide bonds. The van der Waals surface area contributed by atoms with Gasteiger partial charge in [-0.05, 0) is 46.3 Å². The molecule has 0 unspecified atom stereocenters. The number of carboxylic acid groups (broad SMARTS) is 1. The number of halogens is 1. The molecule has 2 N–H and O–H groups in total. The van der Waals surface area contributed by atoms with E-state index in [1.165, 1.54) is 18.3 Å². The minimum Gasteiger partial charge on any atom is -0.479 e. The lowest BCUT2D eigenvalue weighted by Gasteiger charge is -1.97. The van der Waals surface area contributed by atoms with E-state index in [2.05, 4.69) is 25.9 Å². The molecule has 24 heavy (non-hydrogen) atoms. The Morgan fingerprint density at radius 3 is 2.75 bits per heavy atom. The molecule has 0 saturated heterocycles.